The molecule has 2 nitrogen and oxygen atoms in total. The van der Waals surface area contributed by atoms with Gasteiger partial charge in [0.1, 0.15) is 0 Å². The van der Waals surface area contributed by atoms with Crippen molar-refractivity contribution in [1.29, 1.82) is 0 Å². The van der Waals surface area contributed by atoms with E-state index in [1.807, 2.05) is 11.8 Å². The summed E-state index contributed by atoms with van der Waals surface area (Å²) in [5.74, 6) is 2.44. The molecule has 0 unspecified atom stereocenters. The molecule has 1 aliphatic heterocycles. The summed E-state index contributed by atoms with van der Waals surface area (Å²) in [6.45, 7) is 2.88. The van der Waals surface area contributed by atoms with E-state index in [1.54, 1.807) is 0 Å². The van der Waals surface area contributed by atoms with Crippen LogP contribution in [0.5, 0.6) is 0 Å². The fourth-order valence-electron chi connectivity index (χ4n) is 1.81. The van der Waals surface area contributed by atoms with Gasteiger partial charge in [-0.2, -0.15) is 11.8 Å². The third-order valence-electron chi connectivity index (χ3n) is 2.62. The van der Waals surface area contributed by atoms with Crippen LogP contribution in [0.4, 0.5) is 5.69 Å². The molecule has 2 rings (SSSR count). The smallest absolute Gasteiger partial charge is 0.0423 e. The van der Waals surface area contributed by atoms with E-state index < -0.39 is 0 Å². The normalized spacial score (nSPS) is 16.8. The van der Waals surface area contributed by atoms with Crippen LogP contribution in [0.3, 0.4) is 0 Å². The first kappa shape index (κ1) is 11.3. The van der Waals surface area contributed by atoms with Gasteiger partial charge in [-0.15, -0.1) is 0 Å². The molecule has 0 aromatic heterocycles. The fourth-order valence-corrected chi connectivity index (χ4v) is 3.06. The zero-order chi connectivity index (χ0) is 10.7. The molecule has 0 aliphatic carbocycles. The van der Waals surface area contributed by atoms with E-state index >= 15 is 0 Å². The molecule has 0 bridgehead atoms. The lowest BCUT2D eigenvalue weighted by molar-refractivity contribution is 0.846. The summed E-state index contributed by atoms with van der Waals surface area (Å²) in [7, 11) is 0. The predicted octanol–water partition coefficient (Wildman–Crippen LogP) is 2.46. The van der Waals surface area contributed by atoms with Crippen LogP contribution < -0.4 is 10.6 Å². The van der Waals surface area contributed by atoms with Crippen LogP contribution in [0.1, 0.15) is 5.56 Å². The minimum absolute atomic E-state index is 0.617. The predicted molar refractivity (Wildman–Crippen MR) is 71.6 cm³/mol. The lowest BCUT2D eigenvalue weighted by Crippen LogP contribution is -2.33. The van der Waals surface area contributed by atoms with Gasteiger partial charge in [-0.3, -0.25) is 0 Å². The summed E-state index contributed by atoms with van der Waals surface area (Å²) in [5.41, 5.74) is 8.30. The zero-order valence-corrected chi connectivity index (χ0v) is 11.0. The maximum absolute atomic E-state index is 5.76. The summed E-state index contributed by atoms with van der Waals surface area (Å²) >= 11 is 5.55. The zero-order valence-electron chi connectivity index (χ0n) is 8.58. The molecule has 15 heavy (non-hydrogen) atoms. The summed E-state index contributed by atoms with van der Waals surface area (Å²) in [6.07, 6.45) is 0. The van der Waals surface area contributed by atoms with Gasteiger partial charge >= 0.3 is 0 Å². The van der Waals surface area contributed by atoms with E-state index in [0.29, 0.717) is 6.54 Å². The van der Waals surface area contributed by atoms with Crippen molar-refractivity contribution in [3.63, 3.8) is 0 Å². The summed E-state index contributed by atoms with van der Waals surface area (Å²) < 4.78 is 1.13. The number of anilines is 1. The Labute approximate surface area is 103 Å². The lowest BCUT2D eigenvalue weighted by Gasteiger charge is -2.30. The van der Waals surface area contributed by atoms with Crippen LogP contribution in [0, 0.1) is 0 Å². The van der Waals surface area contributed by atoms with E-state index in [-0.39, 0.29) is 0 Å². The first-order chi connectivity index (χ1) is 7.31. The third-order valence-corrected chi connectivity index (χ3v) is 4.05. The van der Waals surface area contributed by atoms with Crippen LogP contribution in [0.15, 0.2) is 22.7 Å². The Hall–Kier alpha value is -0.190. The van der Waals surface area contributed by atoms with Crippen LogP contribution in [-0.4, -0.2) is 24.6 Å². The van der Waals surface area contributed by atoms with Gasteiger partial charge in [-0.25, -0.2) is 0 Å². The van der Waals surface area contributed by atoms with Crippen molar-refractivity contribution >= 4 is 33.4 Å². The summed E-state index contributed by atoms with van der Waals surface area (Å²) in [5, 5.41) is 0. The Kier molecular flexibility index (Phi) is 3.94. The van der Waals surface area contributed by atoms with Gasteiger partial charge in [-0.1, -0.05) is 22.0 Å². The van der Waals surface area contributed by atoms with Gasteiger partial charge in [0.05, 0.1) is 0 Å². The summed E-state index contributed by atoms with van der Waals surface area (Å²) in [6, 6.07) is 6.35. The van der Waals surface area contributed by atoms with Crippen molar-refractivity contribution in [3.8, 4) is 0 Å². The van der Waals surface area contributed by atoms with Crippen molar-refractivity contribution in [1.82, 2.24) is 0 Å². The second-order valence-corrected chi connectivity index (χ2v) is 5.72. The molecule has 0 saturated carbocycles. The topological polar surface area (TPSA) is 29.3 Å². The SMILES string of the molecule is NCc1ccc(Br)cc1N1CCSCC1. The molecule has 2 N–H and O–H groups in total. The molecule has 1 saturated heterocycles. The van der Waals surface area contributed by atoms with E-state index in [0.717, 1.165) is 17.6 Å². The van der Waals surface area contributed by atoms with Gasteiger partial charge in [-0.05, 0) is 17.7 Å². The summed E-state index contributed by atoms with van der Waals surface area (Å²) in [4.78, 5) is 2.43. The molecule has 1 aliphatic rings. The van der Waals surface area contributed by atoms with Crippen LogP contribution >= 0.6 is 27.7 Å². The molecule has 82 valence electrons. The van der Waals surface area contributed by atoms with Gasteiger partial charge in [0.25, 0.3) is 0 Å². The molecule has 1 aromatic rings. The first-order valence-electron chi connectivity index (χ1n) is 5.12. The quantitative estimate of drug-likeness (QED) is 0.906. The third kappa shape index (κ3) is 2.68. The monoisotopic (exact) mass is 286 g/mol. The van der Waals surface area contributed by atoms with Gasteiger partial charge in [0.15, 0.2) is 0 Å². The van der Waals surface area contributed by atoms with Crippen LogP contribution in [0.25, 0.3) is 0 Å². The van der Waals surface area contributed by atoms with Crippen molar-refractivity contribution in [2.45, 2.75) is 6.54 Å². The molecule has 0 amide bonds. The number of nitrogens with two attached hydrogens (primary N) is 1. The molecule has 0 atom stereocenters. The van der Waals surface area contributed by atoms with E-state index in [2.05, 4.69) is 39.0 Å². The first-order valence-corrected chi connectivity index (χ1v) is 7.07. The molecule has 1 aromatic carbocycles. The molecule has 4 heteroatoms. The lowest BCUT2D eigenvalue weighted by atomic mass is 10.1. The Morgan fingerprint density at radius 2 is 2.07 bits per heavy atom. The van der Waals surface area contributed by atoms with Gasteiger partial charge in [0, 0.05) is 41.3 Å². The second-order valence-electron chi connectivity index (χ2n) is 3.58. The molecule has 0 radical (unpaired) electrons. The highest BCUT2D eigenvalue weighted by Crippen LogP contribution is 2.27. The Balaban J connectivity index is 2.27. The number of hydrogen-bond donors (Lipinski definition) is 1. The highest BCUT2D eigenvalue weighted by molar-refractivity contribution is 9.10. The number of hydrogen-bond acceptors (Lipinski definition) is 3. The molecule has 1 fully saturated rings. The Morgan fingerprint density at radius 3 is 2.73 bits per heavy atom. The van der Waals surface area contributed by atoms with Crippen molar-refractivity contribution in [2.24, 2.45) is 5.73 Å². The van der Waals surface area contributed by atoms with E-state index in [9.17, 15) is 0 Å². The minimum atomic E-state index is 0.617. The number of rotatable bonds is 2. The minimum Gasteiger partial charge on any atom is -0.370 e. The highest BCUT2D eigenvalue weighted by Gasteiger charge is 2.14. The fraction of sp³-hybridized carbons (Fsp3) is 0.455. The number of nitrogens with zero attached hydrogens (tertiary/aromatic N) is 1. The van der Waals surface area contributed by atoms with Crippen molar-refractivity contribution in [3.05, 3.63) is 28.2 Å². The maximum atomic E-state index is 5.76. The highest BCUT2D eigenvalue weighted by atomic mass is 79.9. The number of benzene rings is 1. The molecular weight excluding hydrogens is 272 g/mol. The number of halogens is 1. The van der Waals surface area contributed by atoms with Crippen LogP contribution in [-0.2, 0) is 6.54 Å². The average Bonchev–Trinajstić information content (AvgIpc) is 2.30. The van der Waals surface area contributed by atoms with Gasteiger partial charge < -0.3 is 10.6 Å². The maximum Gasteiger partial charge on any atom is 0.0423 e. The number of thioether (sulfide) groups is 1. The Morgan fingerprint density at radius 1 is 1.33 bits per heavy atom. The van der Waals surface area contributed by atoms with E-state index in [1.165, 1.54) is 22.8 Å². The molecule has 0 spiro atoms. The molecular formula is C11H15BrN2S. The van der Waals surface area contributed by atoms with Crippen molar-refractivity contribution in [2.75, 3.05) is 29.5 Å². The average molecular weight is 287 g/mol. The second kappa shape index (κ2) is 5.23. The van der Waals surface area contributed by atoms with E-state index in [4.69, 9.17) is 5.73 Å². The largest absolute Gasteiger partial charge is 0.370 e. The Bertz CT molecular complexity index is 337. The van der Waals surface area contributed by atoms with Crippen molar-refractivity contribution < 1.29 is 0 Å². The van der Waals surface area contributed by atoms with Gasteiger partial charge in [0.2, 0.25) is 0 Å². The standard InChI is InChI=1S/C11H15BrN2S/c12-10-2-1-9(8-13)11(7-10)14-3-5-15-6-4-14/h1-2,7H,3-6,8,13H2. The van der Waals surface area contributed by atoms with Crippen LogP contribution in [0.2, 0.25) is 0 Å². The molecule has 1 heterocycles.